The van der Waals surface area contributed by atoms with E-state index in [0.29, 0.717) is 16.8 Å². The molecular formula is C17H23N3O2S2. The first kappa shape index (κ1) is 18.7. The van der Waals surface area contributed by atoms with Crippen molar-refractivity contribution in [2.75, 3.05) is 11.1 Å². The van der Waals surface area contributed by atoms with E-state index < -0.39 is 6.10 Å². The summed E-state index contributed by atoms with van der Waals surface area (Å²) in [6, 6.07) is 5.90. The number of nitrogens with one attached hydrogen (secondary N) is 1. The van der Waals surface area contributed by atoms with Crippen molar-refractivity contribution < 1.29 is 9.53 Å². The van der Waals surface area contributed by atoms with Gasteiger partial charge in [-0.25, -0.2) is 0 Å². The zero-order chi connectivity index (χ0) is 17.7. The summed E-state index contributed by atoms with van der Waals surface area (Å²) in [4.78, 5) is 12.3. The van der Waals surface area contributed by atoms with Crippen molar-refractivity contribution in [2.45, 2.75) is 45.1 Å². The second-order valence-corrected chi connectivity index (χ2v) is 8.40. The molecule has 0 saturated carbocycles. The topological polar surface area (TPSA) is 64.1 Å². The van der Waals surface area contributed by atoms with Crippen LogP contribution in [0.5, 0.6) is 5.75 Å². The average Bonchev–Trinajstić information content (AvgIpc) is 2.91. The summed E-state index contributed by atoms with van der Waals surface area (Å²) < 4.78 is 6.60. The largest absolute Gasteiger partial charge is 0.481 e. The Bertz CT molecular complexity index is 681. The summed E-state index contributed by atoms with van der Waals surface area (Å²) in [5, 5.41) is 11.4. The molecular weight excluding hydrogens is 342 g/mol. The minimum Gasteiger partial charge on any atom is -0.481 e. The van der Waals surface area contributed by atoms with Crippen molar-refractivity contribution in [2.24, 2.45) is 5.92 Å². The van der Waals surface area contributed by atoms with Gasteiger partial charge in [-0.3, -0.25) is 10.1 Å². The van der Waals surface area contributed by atoms with Gasteiger partial charge in [0.2, 0.25) is 5.13 Å². The first-order valence-electron chi connectivity index (χ1n) is 7.85. The lowest BCUT2D eigenvalue weighted by atomic mass is 10.1. The highest BCUT2D eigenvalue weighted by Gasteiger charge is 2.17. The fourth-order valence-electron chi connectivity index (χ4n) is 2.02. The number of hydrogen-bond acceptors (Lipinski definition) is 6. The van der Waals surface area contributed by atoms with Gasteiger partial charge in [0.05, 0.1) is 0 Å². The van der Waals surface area contributed by atoms with E-state index in [-0.39, 0.29) is 5.91 Å². The molecule has 0 aliphatic rings. The molecule has 1 unspecified atom stereocenters. The molecule has 1 aromatic carbocycles. The van der Waals surface area contributed by atoms with Gasteiger partial charge in [0.25, 0.3) is 5.91 Å². The zero-order valence-electron chi connectivity index (χ0n) is 14.6. The predicted octanol–water partition coefficient (Wildman–Crippen LogP) is 4.31. The van der Waals surface area contributed by atoms with Crippen molar-refractivity contribution >= 4 is 34.1 Å². The quantitative estimate of drug-likeness (QED) is 0.585. The zero-order valence-corrected chi connectivity index (χ0v) is 16.3. The van der Waals surface area contributed by atoms with Crippen molar-refractivity contribution in [3.8, 4) is 5.75 Å². The fraction of sp³-hybridized carbons (Fsp3) is 0.471. The van der Waals surface area contributed by atoms with Gasteiger partial charge in [0.15, 0.2) is 10.4 Å². The van der Waals surface area contributed by atoms with E-state index in [2.05, 4.69) is 35.4 Å². The van der Waals surface area contributed by atoms with Crippen molar-refractivity contribution in [1.82, 2.24) is 10.2 Å². The van der Waals surface area contributed by atoms with Gasteiger partial charge in [0.1, 0.15) is 5.75 Å². The molecule has 130 valence electrons. The number of thioether (sulfide) groups is 1. The number of ether oxygens (including phenoxy) is 1. The number of rotatable bonds is 7. The number of aromatic nitrogens is 2. The van der Waals surface area contributed by atoms with Gasteiger partial charge < -0.3 is 4.74 Å². The molecule has 0 aliphatic heterocycles. The molecule has 0 spiro atoms. The highest BCUT2D eigenvalue weighted by Crippen LogP contribution is 2.27. The lowest BCUT2D eigenvalue weighted by Gasteiger charge is -2.14. The highest BCUT2D eigenvalue weighted by molar-refractivity contribution is 8.01. The van der Waals surface area contributed by atoms with Crippen molar-refractivity contribution in [3.63, 3.8) is 0 Å². The molecule has 1 atom stereocenters. The lowest BCUT2D eigenvalue weighted by molar-refractivity contribution is -0.122. The molecule has 1 aromatic heterocycles. The first-order chi connectivity index (χ1) is 11.3. The van der Waals surface area contributed by atoms with Crippen LogP contribution in [0.25, 0.3) is 0 Å². The normalized spacial score (nSPS) is 12.2. The third-order valence-electron chi connectivity index (χ3n) is 3.05. The van der Waals surface area contributed by atoms with Crippen LogP contribution in [0.15, 0.2) is 22.5 Å². The standard InChI is InChI=1S/C17H23N3O2S2/c1-10(2)9-23-17-20-19-16(24-17)18-15(21)13(5)22-14-7-11(3)6-12(4)8-14/h6-8,10,13H,9H2,1-5H3,(H,18,19,21). The van der Waals surface area contributed by atoms with E-state index in [1.807, 2.05) is 26.0 Å². The summed E-state index contributed by atoms with van der Waals surface area (Å²) in [6.45, 7) is 10.0. The third kappa shape index (κ3) is 5.79. The smallest absolute Gasteiger partial charge is 0.266 e. The maximum Gasteiger partial charge on any atom is 0.266 e. The predicted molar refractivity (Wildman–Crippen MR) is 100 cm³/mol. The number of amides is 1. The molecule has 1 heterocycles. The second kappa shape index (κ2) is 8.48. The Balaban J connectivity index is 1.91. The molecule has 0 aliphatic carbocycles. The van der Waals surface area contributed by atoms with Gasteiger partial charge in [-0.15, -0.1) is 10.2 Å². The molecule has 0 radical (unpaired) electrons. The number of hydrogen-bond donors (Lipinski definition) is 1. The van der Waals surface area contributed by atoms with Crippen LogP contribution in [0.1, 0.15) is 31.9 Å². The van der Waals surface area contributed by atoms with Crippen LogP contribution < -0.4 is 10.1 Å². The van der Waals surface area contributed by atoms with Crippen LogP contribution in [0.2, 0.25) is 0 Å². The molecule has 2 aromatic rings. The summed E-state index contributed by atoms with van der Waals surface area (Å²) >= 11 is 3.04. The van der Waals surface area contributed by atoms with Crippen LogP contribution in [0.4, 0.5) is 5.13 Å². The molecule has 5 nitrogen and oxygen atoms in total. The van der Waals surface area contributed by atoms with Gasteiger partial charge in [-0.2, -0.15) is 0 Å². The van der Waals surface area contributed by atoms with Crippen LogP contribution in [-0.4, -0.2) is 28.0 Å². The Labute approximate surface area is 151 Å². The average molecular weight is 366 g/mol. The molecule has 24 heavy (non-hydrogen) atoms. The van der Waals surface area contributed by atoms with Gasteiger partial charge in [-0.05, 0) is 49.9 Å². The highest BCUT2D eigenvalue weighted by atomic mass is 32.2. The third-order valence-corrected chi connectivity index (χ3v) is 5.45. The fourth-order valence-corrected chi connectivity index (χ4v) is 3.75. The number of anilines is 1. The summed E-state index contributed by atoms with van der Waals surface area (Å²) in [6.07, 6.45) is -0.609. The molecule has 1 N–H and O–H groups in total. The lowest BCUT2D eigenvalue weighted by Crippen LogP contribution is -2.30. The Kier molecular flexibility index (Phi) is 6.62. The number of benzene rings is 1. The monoisotopic (exact) mass is 365 g/mol. The van der Waals surface area contributed by atoms with Crippen LogP contribution in [-0.2, 0) is 4.79 Å². The van der Waals surface area contributed by atoms with Crippen molar-refractivity contribution in [1.29, 1.82) is 0 Å². The Morgan fingerprint density at radius 3 is 2.50 bits per heavy atom. The van der Waals surface area contributed by atoms with Crippen LogP contribution in [0.3, 0.4) is 0 Å². The second-order valence-electron chi connectivity index (χ2n) is 6.15. The SMILES string of the molecule is Cc1cc(C)cc(OC(C)C(=O)Nc2nnc(SCC(C)C)s2)c1. The molecule has 2 rings (SSSR count). The van der Waals surface area contributed by atoms with E-state index in [0.717, 1.165) is 21.2 Å². The minimum absolute atomic E-state index is 0.231. The summed E-state index contributed by atoms with van der Waals surface area (Å²) in [7, 11) is 0. The van der Waals surface area contributed by atoms with E-state index in [1.54, 1.807) is 18.7 Å². The molecule has 7 heteroatoms. The van der Waals surface area contributed by atoms with E-state index in [1.165, 1.54) is 11.3 Å². The summed E-state index contributed by atoms with van der Waals surface area (Å²) in [5.41, 5.74) is 2.21. The van der Waals surface area contributed by atoms with Gasteiger partial charge in [0, 0.05) is 5.75 Å². The maximum atomic E-state index is 12.3. The molecule has 0 bridgehead atoms. The Morgan fingerprint density at radius 1 is 1.21 bits per heavy atom. The van der Waals surface area contributed by atoms with Crippen LogP contribution >= 0.6 is 23.1 Å². The van der Waals surface area contributed by atoms with Crippen molar-refractivity contribution in [3.05, 3.63) is 29.3 Å². The number of aryl methyl sites for hydroxylation is 2. The Morgan fingerprint density at radius 2 is 1.88 bits per heavy atom. The first-order valence-corrected chi connectivity index (χ1v) is 9.66. The summed E-state index contributed by atoms with van der Waals surface area (Å²) in [5.74, 6) is 2.03. The number of carbonyl (C=O) groups is 1. The maximum absolute atomic E-state index is 12.3. The number of nitrogens with zero attached hydrogens (tertiary/aromatic N) is 2. The van der Waals surface area contributed by atoms with Gasteiger partial charge in [-0.1, -0.05) is 43.0 Å². The number of carbonyl (C=O) groups excluding carboxylic acids is 1. The van der Waals surface area contributed by atoms with E-state index in [4.69, 9.17) is 4.74 Å². The van der Waals surface area contributed by atoms with Gasteiger partial charge >= 0.3 is 0 Å². The van der Waals surface area contributed by atoms with E-state index in [9.17, 15) is 4.79 Å². The van der Waals surface area contributed by atoms with E-state index >= 15 is 0 Å². The van der Waals surface area contributed by atoms with Crippen LogP contribution in [0, 0.1) is 19.8 Å². The molecule has 1 amide bonds. The minimum atomic E-state index is -0.609. The molecule has 0 fully saturated rings. The molecule has 0 saturated heterocycles. The Hall–Kier alpha value is -1.60.